The number of hydrogen-bond donors (Lipinski definition) is 0. The lowest BCUT2D eigenvalue weighted by molar-refractivity contribution is -0.0926. The van der Waals surface area contributed by atoms with Gasteiger partial charge in [-0.15, -0.1) is 0 Å². The maximum atomic E-state index is 2.77. The Morgan fingerprint density at radius 1 is 0.382 bits per heavy atom. The second-order valence-corrected chi connectivity index (χ2v) is 24.5. The zero-order chi connectivity index (χ0) is 40.6. The molecular weight excluding hydrogens is 661 g/mol. The minimum atomic E-state index is 0.764. The Labute approximate surface area is 347 Å². The minimum absolute atomic E-state index is 0.764. The van der Waals surface area contributed by atoms with Crippen molar-refractivity contribution in [1.29, 1.82) is 0 Å². The van der Waals surface area contributed by atoms with Gasteiger partial charge in [-0.05, 0) is 212 Å². The van der Waals surface area contributed by atoms with Gasteiger partial charge in [0.15, 0.2) is 0 Å². The van der Waals surface area contributed by atoms with E-state index in [1.807, 2.05) is 0 Å². The van der Waals surface area contributed by atoms with E-state index in [2.05, 4.69) is 118 Å². The van der Waals surface area contributed by atoms with Crippen LogP contribution in [0.2, 0.25) is 0 Å². The van der Waals surface area contributed by atoms with Crippen molar-refractivity contribution in [2.24, 2.45) is 148 Å². The van der Waals surface area contributed by atoms with Gasteiger partial charge in [-0.25, -0.2) is 0 Å². The molecule has 23 unspecified atom stereocenters. The summed E-state index contributed by atoms with van der Waals surface area (Å²) in [5.74, 6) is 22.1. The highest BCUT2D eigenvalue weighted by atomic mass is 14.6. The van der Waals surface area contributed by atoms with E-state index in [0.717, 1.165) is 148 Å². The molecule has 5 rings (SSSR count). The van der Waals surface area contributed by atoms with Crippen LogP contribution in [0.15, 0.2) is 0 Å². The third-order valence-corrected chi connectivity index (χ3v) is 21.4. The first-order chi connectivity index (χ1) is 25.9. The molecular formula is C55H102. The van der Waals surface area contributed by atoms with E-state index >= 15 is 0 Å². The van der Waals surface area contributed by atoms with Crippen molar-refractivity contribution in [3.8, 4) is 0 Å². The first-order valence-electron chi connectivity index (χ1n) is 25.9. The Morgan fingerprint density at radius 2 is 0.945 bits per heavy atom. The van der Waals surface area contributed by atoms with Crippen molar-refractivity contribution in [2.75, 3.05) is 0 Å². The SMILES string of the molecule is CCC1CCC(C)C2CC3C(C)C(C)C(C)C(CCC4C(C)CC(C)C(C(C)C)C(C)C(C)CC(C)C(C)C5CCCC5C(C)C(C(C)C)CC4C)C3CC12. The van der Waals surface area contributed by atoms with Gasteiger partial charge >= 0.3 is 0 Å². The molecule has 0 heteroatoms. The summed E-state index contributed by atoms with van der Waals surface area (Å²) in [6, 6.07) is 0. The van der Waals surface area contributed by atoms with Crippen molar-refractivity contribution in [2.45, 2.75) is 201 Å². The van der Waals surface area contributed by atoms with Gasteiger partial charge in [0.2, 0.25) is 0 Å². The van der Waals surface area contributed by atoms with Gasteiger partial charge in [-0.2, -0.15) is 0 Å². The van der Waals surface area contributed by atoms with Crippen LogP contribution in [0.25, 0.3) is 0 Å². The monoisotopic (exact) mass is 763 g/mol. The van der Waals surface area contributed by atoms with E-state index in [-0.39, 0.29) is 0 Å². The van der Waals surface area contributed by atoms with Crippen LogP contribution in [0.4, 0.5) is 0 Å². The zero-order valence-corrected chi connectivity index (χ0v) is 40.6. The molecule has 5 fully saturated rings. The van der Waals surface area contributed by atoms with Crippen LogP contribution >= 0.6 is 0 Å². The van der Waals surface area contributed by atoms with Gasteiger partial charge < -0.3 is 0 Å². The van der Waals surface area contributed by atoms with Crippen LogP contribution in [-0.2, 0) is 0 Å². The Morgan fingerprint density at radius 3 is 1.56 bits per heavy atom. The van der Waals surface area contributed by atoms with Gasteiger partial charge in [-0.3, -0.25) is 0 Å². The highest BCUT2D eigenvalue weighted by Crippen LogP contribution is 2.60. The molecule has 0 radical (unpaired) electrons. The zero-order valence-electron chi connectivity index (χ0n) is 40.6. The normalized spacial score (nSPS) is 52.1. The lowest BCUT2D eigenvalue weighted by atomic mass is 9.47. The maximum Gasteiger partial charge on any atom is -0.0337 e. The average molecular weight is 763 g/mol. The second kappa shape index (κ2) is 19.6. The first kappa shape index (κ1) is 46.1. The summed E-state index contributed by atoms with van der Waals surface area (Å²) in [5.41, 5.74) is 0. The molecule has 0 aromatic rings. The summed E-state index contributed by atoms with van der Waals surface area (Å²) >= 11 is 0. The summed E-state index contributed by atoms with van der Waals surface area (Å²) in [7, 11) is 0. The molecule has 0 nitrogen and oxygen atoms in total. The summed E-state index contributed by atoms with van der Waals surface area (Å²) in [4.78, 5) is 0. The number of rotatable bonds is 6. The van der Waals surface area contributed by atoms with Gasteiger partial charge in [-0.1, -0.05) is 137 Å². The van der Waals surface area contributed by atoms with Gasteiger partial charge in [0.25, 0.3) is 0 Å². The van der Waals surface area contributed by atoms with E-state index in [9.17, 15) is 0 Å². The molecule has 5 aliphatic rings. The molecule has 0 aromatic carbocycles. The van der Waals surface area contributed by atoms with Crippen molar-refractivity contribution >= 4 is 0 Å². The summed E-state index contributed by atoms with van der Waals surface area (Å²) in [6.07, 6.45) is 19.4. The molecule has 23 atom stereocenters. The average Bonchev–Trinajstić information content (AvgIpc) is 3.63. The molecule has 0 spiro atoms. The van der Waals surface area contributed by atoms with E-state index in [1.165, 1.54) is 70.6 Å². The summed E-state index contributed by atoms with van der Waals surface area (Å²) in [5, 5.41) is 0. The van der Waals surface area contributed by atoms with Crippen molar-refractivity contribution < 1.29 is 0 Å². The van der Waals surface area contributed by atoms with Crippen LogP contribution < -0.4 is 0 Å². The third-order valence-electron chi connectivity index (χ3n) is 21.4. The molecule has 5 saturated carbocycles. The fourth-order valence-corrected chi connectivity index (χ4v) is 17.5. The van der Waals surface area contributed by atoms with Crippen molar-refractivity contribution in [3.63, 3.8) is 0 Å². The molecule has 0 saturated heterocycles. The molecule has 322 valence electrons. The number of fused-ring (bicyclic) bond motifs is 3. The topological polar surface area (TPSA) is 0 Å². The van der Waals surface area contributed by atoms with Crippen LogP contribution in [-0.4, -0.2) is 0 Å². The molecule has 0 bridgehead atoms. The van der Waals surface area contributed by atoms with Crippen LogP contribution in [0.1, 0.15) is 201 Å². The quantitative estimate of drug-likeness (QED) is 0.253. The van der Waals surface area contributed by atoms with E-state index < -0.39 is 0 Å². The van der Waals surface area contributed by atoms with Gasteiger partial charge in [0.05, 0.1) is 0 Å². The van der Waals surface area contributed by atoms with Crippen LogP contribution in [0.3, 0.4) is 0 Å². The van der Waals surface area contributed by atoms with Gasteiger partial charge in [0.1, 0.15) is 0 Å². The number of hydrogen-bond acceptors (Lipinski definition) is 0. The fourth-order valence-electron chi connectivity index (χ4n) is 17.5. The standard InChI is InChI=1S/C55H102/c1-18-45-23-22-33(6)51-29-52-43(16)41(14)42(15)49(54(52)30-53(45)51)25-24-46-36(9)27-38(11)55(32(4)5)40(13)35(8)26-34(7)39(12)47-20-19-21-48(47)44(17)50(31(2)3)28-37(46)10/h31-55H,18-30H2,1-17H3. The minimum Gasteiger partial charge on any atom is -0.0651 e. The molecule has 5 aliphatic carbocycles. The highest BCUT2D eigenvalue weighted by molar-refractivity contribution is 5.02. The maximum absolute atomic E-state index is 2.77. The smallest absolute Gasteiger partial charge is 0.0337 e. The van der Waals surface area contributed by atoms with Crippen LogP contribution in [0.5, 0.6) is 0 Å². The molecule has 0 aliphatic heterocycles. The third kappa shape index (κ3) is 9.81. The Balaban J connectivity index is 1.46. The van der Waals surface area contributed by atoms with E-state index in [0.29, 0.717) is 0 Å². The lowest BCUT2D eigenvalue weighted by Crippen LogP contribution is -2.51. The Kier molecular flexibility index (Phi) is 16.4. The summed E-state index contributed by atoms with van der Waals surface area (Å²) in [6.45, 7) is 45.3. The van der Waals surface area contributed by atoms with E-state index in [4.69, 9.17) is 0 Å². The van der Waals surface area contributed by atoms with Crippen LogP contribution in [0, 0.1) is 148 Å². The predicted octanol–water partition coefficient (Wildman–Crippen LogP) is 16.9. The fraction of sp³-hybridized carbons (Fsp3) is 1.00. The predicted molar refractivity (Wildman–Crippen MR) is 244 cm³/mol. The molecule has 0 heterocycles. The lowest BCUT2D eigenvalue weighted by Gasteiger charge is -2.58. The summed E-state index contributed by atoms with van der Waals surface area (Å²) < 4.78 is 0. The van der Waals surface area contributed by atoms with E-state index in [1.54, 1.807) is 12.8 Å². The van der Waals surface area contributed by atoms with Crippen molar-refractivity contribution in [3.05, 3.63) is 0 Å². The Bertz CT molecular complexity index is 1130. The molecule has 0 aromatic heterocycles. The second-order valence-electron chi connectivity index (χ2n) is 24.5. The Hall–Kier alpha value is 0. The first-order valence-corrected chi connectivity index (χ1v) is 25.9. The molecule has 55 heavy (non-hydrogen) atoms. The van der Waals surface area contributed by atoms with Crippen molar-refractivity contribution in [1.82, 2.24) is 0 Å². The largest absolute Gasteiger partial charge is 0.0651 e. The highest BCUT2D eigenvalue weighted by Gasteiger charge is 2.53. The molecule has 0 amide bonds. The van der Waals surface area contributed by atoms with Gasteiger partial charge in [0, 0.05) is 0 Å². The molecule has 0 N–H and O–H groups in total.